The summed E-state index contributed by atoms with van der Waals surface area (Å²) >= 11 is 0. The van der Waals surface area contributed by atoms with Gasteiger partial charge in [0.15, 0.2) is 0 Å². The van der Waals surface area contributed by atoms with Crippen molar-refractivity contribution >= 4 is 22.6 Å². The number of halogens is 1. The second kappa shape index (κ2) is 7.97. The third-order valence-electron chi connectivity index (χ3n) is 5.65. The maximum absolute atomic E-state index is 13.1. The average Bonchev–Trinajstić information content (AvgIpc) is 3.46. The number of nitrogens with zero attached hydrogens (tertiary/aromatic N) is 3. The number of carbonyl (C=O) groups is 1. The third-order valence-corrected chi connectivity index (χ3v) is 5.65. The van der Waals surface area contributed by atoms with E-state index < -0.39 is 12.1 Å². The number of hydrogen-bond donors (Lipinski definition) is 1. The van der Waals surface area contributed by atoms with Crippen molar-refractivity contribution in [2.24, 2.45) is 13.0 Å². The van der Waals surface area contributed by atoms with Crippen LogP contribution in [0.2, 0.25) is 0 Å². The van der Waals surface area contributed by atoms with Gasteiger partial charge in [-0.1, -0.05) is 13.3 Å². The number of alkyl halides is 1. The number of amides is 1. The summed E-state index contributed by atoms with van der Waals surface area (Å²) in [6.45, 7) is 4.14. The summed E-state index contributed by atoms with van der Waals surface area (Å²) in [7, 11) is 1.69. The van der Waals surface area contributed by atoms with Crippen molar-refractivity contribution in [3.05, 3.63) is 52.2 Å². The Bertz CT molecular complexity index is 1190. The van der Waals surface area contributed by atoms with E-state index in [1.165, 1.54) is 0 Å². The topological polar surface area (TPSA) is 76.9 Å². The molecular formula is C23H25FN4O2. The van der Waals surface area contributed by atoms with Crippen LogP contribution in [0.1, 0.15) is 37.4 Å². The molecule has 1 amide bonds. The zero-order chi connectivity index (χ0) is 21.4. The second-order valence-corrected chi connectivity index (χ2v) is 7.99. The number of carbonyl (C=O) groups excluding carboxylic acids is 1. The number of nitrogens with one attached hydrogen (secondary N) is 1. The van der Waals surface area contributed by atoms with Crippen LogP contribution in [0.25, 0.3) is 22.0 Å². The molecule has 1 saturated carbocycles. The van der Waals surface area contributed by atoms with Gasteiger partial charge in [-0.25, -0.2) is 9.37 Å². The first-order valence-corrected chi connectivity index (χ1v) is 10.3. The molecule has 1 aliphatic rings. The molecule has 1 aliphatic carbocycles. The Kier molecular flexibility index (Phi) is 5.37. The maximum Gasteiger partial charge on any atom is 0.258 e. The molecule has 1 N–H and O–H groups in total. The minimum Gasteiger partial charge on any atom is -0.311 e. The Morgan fingerprint density at radius 3 is 2.67 bits per heavy atom. The molecule has 156 valence electrons. The summed E-state index contributed by atoms with van der Waals surface area (Å²) in [5.74, 6) is -0.655. The lowest BCUT2D eigenvalue weighted by atomic mass is 10.0. The third kappa shape index (κ3) is 3.84. The molecule has 0 bridgehead atoms. The fraction of sp³-hybridized carbons (Fsp3) is 0.391. The number of unbranched alkanes of at least 4 members (excludes halogenated alkanes) is 1. The molecular weight excluding hydrogens is 383 g/mol. The monoisotopic (exact) mass is 408 g/mol. The minimum absolute atomic E-state index is 0.150. The molecule has 4 rings (SSSR count). The van der Waals surface area contributed by atoms with E-state index in [9.17, 15) is 14.0 Å². The number of aromatic nitrogens is 3. The lowest BCUT2D eigenvalue weighted by molar-refractivity contribution is -0.117. The molecule has 0 aromatic carbocycles. The van der Waals surface area contributed by atoms with E-state index in [4.69, 9.17) is 0 Å². The highest BCUT2D eigenvalue weighted by Gasteiger charge is 2.43. The molecule has 30 heavy (non-hydrogen) atoms. The minimum atomic E-state index is -1.07. The molecule has 3 aromatic rings. The molecule has 0 radical (unpaired) electrons. The van der Waals surface area contributed by atoms with Gasteiger partial charge in [0, 0.05) is 47.7 Å². The van der Waals surface area contributed by atoms with Gasteiger partial charge in [-0.15, -0.1) is 0 Å². The van der Waals surface area contributed by atoms with Crippen molar-refractivity contribution in [2.45, 2.75) is 45.7 Å². The van der Waals surface area contributed by atoms with E-state index in [2.05, 4.69) is 22.2 Å². The highest BCUT2D eigenvalue weighted by molar-refractivity contribution is 5.95. The molecule has 0 unspecified atom stereocenters. The number of hydrogen-bond acceptors (Lipinski definition) is 4. The number of fused-ring (bicyclic) bond motifs is 1. The Balaban J connectivity index is 1.69. The van der Waals surface area contributed by atoms with Crippen LogP contribution >= 0.6 is 0 Å². The van der Waals surface area contributed by atoms with Crippen molar-refractivity contribution in [3.63, 3.8) is 0 Å². The fourth-order valence-corrected chi connectivity index (χ4v) is 3.67. The first kappa shape index (κ1) is 20.2. The molecule has 2 atom stereocenters. The summed E-state index contributed by atoms with van der Waals surface area (Å²) in [6.07, 6.45) is 5.70. The van der Waals surface area contributed by atoms with Crippen LogP contribution in [-0.2, 0) is 18.3 Å². The van der Waals surface area contributed by atoms with Gasteiger partial charge in [0.1, 0.15) is 12.0 Å². The second-order valence-electron chi connectivity index (χ2n) is 7.99. The summed E-state index contributed by atoms with van der Waals surface area (Å²) in [4.78, 5) is 33.9. The summed E-state index contributed by atoms with van der Waals surface area (Å²) in [5, 5.41) is 3.41. The van der Waals surface area contributed by atoms with Crippen LogP contribution in [0, 0.1) is 12.8 Å². The zero-order valence-electron chi connectivity index (χ0n) is 17.4. The molecule has 3 heterocycles. The largest absolute Gasteiger partial charge is 0.311 e. The molecule has 0 saturated heterocycles. The quantitative estimate of drug-likeness (QED) is 0.670. The molecule has 0 spiro atoms. The van der Waals surface area contributed by atoms with E-state index in [0.717, 1.165) is 41.5 Å². The van der Waals surface area contributed by atoms with Gasteiger partial charge < -0.3 is 9.88 Å². The van der Waals surface area contributed by atoms with Crippen LogP contribution in [0.5, 0.6) is 0 Å². The average molecular weight is 408 g/mol. The van der Waals surface area contributed by atoms with Crippen LogP contribution < -0.4 is 10.9 Å². The molecule has 7 heteroatoms. The van der Waals surface area contributed by atoms with Gasteiger partial charge in [0.05, 0.1) is 11.4 Å². The molecule has 6 nitrogen and oxygen atoms in total. The van der Waals surface area contributed by atoms with E-state index >= 15 is 0 Å². The van der Waals surface area contributed by atoms with Gasteiger partial charge >= 0.3 is 0 Å². The Morgan fingerprint density at radius 2 is 2.00 bits per heavy atom. The predicted octanol–water partition coefficient (Wildman–Crippen LogP) is 3.94. The van der Waals surface area contributed by atoms with Gasteiger partial charge in [0.2, 0.25) is 5.91 Å². The summed E-state index contributed by atoms with van der Waals surface area (Å²) in [5.41, 5.74) is 3.90. The molecule has 1 fully saturated rings. The lowest BCUT2D eigenvalue weighted by Gasteiger charge is -2.12. The van der Waals surface area contributed by atoms with Gasteiger partial charge in [-0.05, 0) is 43.9 Å². The van der Waals surface area contributed by atoms with Crippen LogP contribution in [0.15, 0.2) is 35.4 Å². The highest BCUT2D eigenvalue weighted by Crippen LogP contribution is 2.34. The van der Waals surface area contributed by atoms with Crippen molar-refractivity contribution in [2.75, 3.05) is 5.32 Å². The zero-order valence-corrected chi connectivity index (χ0v) is 17.4. The van der Waals surface area contributed by atoms with E-state index in [-0.39, 0.29) is 17.9 Å². The van der Waals surface area contributed by atoms with Crippen LogP contribution in [0.3, 0.4) is 0 Å². The first-order valence-electron chi connectivity index (χ1n) is 10.3. The predicted molar refractivity (Wildman–Crippen MR) is 115 cm³/mol. The first-order chi connectivity index (χ1) is 14.4. The van der Waals surface area contributed by atoms with Gasteiger partial charge in [-0.2, -0.15) is 0 Å². The van der Waals surface area contributed by atoms with Crippen molar-refractivity contribution < 1.29 is 9.18 Å². The van der Waals surface area contributed by atoms with E-state index in [1.54, 1.807) is 30.1 Å². The van der Waals surface area contributed by atoms with Gasteiger partial charge in [-0.3, -0.25) is 14.6 Å². The fourth-order valence-electron chi connectivity index (χ4n) is 3.67. The Labute approximate surface area is 174 Å². The Morgan fingerprint density at radius 1 is 1.23 bits per heavy atom. The highest BCUT2D eigenvalue weighted by atomic mass is 19.1. The van der Waals surface area contributed by atoms with E-state index in [1.807, 2.05) is 19.1 Å². The lowest BCUT2D eigenvalue weighted by Crippen LogP contribution is -2.20. The van der Waals surface area contributed by atoms with E-state index in [0.29, 0.717) is 16.9 Å². The van der Waals surface area contributed by atoms with Gasteiger partial charge in [0.25, 0.3) is 5.56 Å². The van der Waals surface area contributed by atoms with Crippen LogP contribution in [-0.4, -0.2) is 26.6 Å². The smallest absolute Gasteiger partial charge is 0.258 e. The summed E-state index contributed by atoms with van der Waals surface area (Å²) < 4.78 is 14.6. The number of aryl methyl sites for hydroxylation is 3. The normalized spacial score (nSPS) is 17.9. The van der Waals surface area contributed by atoms with Crippen LogP contribution in [0.4, 0.5) is 10.2 Å². The maximum atomic E-state index is 13.1. The SMILES string of the molecule is CCCCc1cc(C)c(-c2cc3cnc(NC(=O)[C@@H]4C[C@@H]4F)cc3n(C)c2=O)cn1. The van der Waals surface area contributed by atoms with Crippen molar-refractivity contribution in [1.29, 1.82) is 0 Å². The van der Waals surface area contributed by atoms with Crippen molar-refractivity contribution in [1.82, 2.24) is 14.5 Å². The van der Waals surface area contributed by atoms with Crippen molar-refractivity contribution in [3.8, 4) is 11.1 Å². The molecule has 0 aliphatic heterocycles. The number of anilines is 1. The number of pyridine rings is 3. The summed E-state index contributed by atoms with van der Waals surface area (Å²) in [6, 6.07) is 5.50. The Hall–Kier alpha value is -3.09. The molecule has 3 aromatic heterocycles. The standard InChI is InChI=1S/C23H25FN4O2/c1-4-5-6-15-7-13(2)18(12-25-15)16-8-14-11-26-21(10-20(14)28(3)23(16)30)27-22(29)17-9-19(17)24/h7-8,10-12,17,19H,4-6,9H2,1-3H3,(H,26,27,29)/t17-,19+/m1/s1. The number of rotatable bonds is 6.